The lowest BCUT2D eigenvalue weighted by Gasteiger charge is -2.26. The average Bonchev–Trinajstić information content (AvgIpc) is 3.11. The molecule has 0 bridgehead atoms. The minimum atomic E-state index is -1.04. The van der Waals surface area contributed by atoms with Crippen molar-refractivity contribution in [3.63, 3.8) is 0 Å². The second-order valence-corrected chi connectivity index (χ2v) is 8.12. The second kappa shape index (κ2) is 6.79. The molecular formula is C19H26N2O5. The highest BCUT2D eigenvalue weighted by Gasteiger charge is 2.42. The van der Waals surface area contributed by atoms with Gasteiger partial charge in [0.15, 0.2) is 0 Å². The maximum Gasteiger partial charge on any atom is 0.410 e. The number of likely N-dealkylation sites (tertiary alicyclic amines) is 1. The Hall–Kier alpha value is -2.28. The summed E-state index contributed by atoms with van der Waals surface area (Å²) < 4.78 is 5.45. The van der Waals surface area contributed by atoms with Gasteiger partial charge in [0.2, 0.25) is 0 Å². The molecule has 2 unspecified atom stereocenters. The molecule has 7 heteroatoms. The highest BCUT2D eigenvalue weighted by Crippen LogP contribution is 2.35. The van der Waals surface area contributed by atoms with Gasteiger partial charge < -0.3 is 24.7 Å². The number of nitrogens with zero attached hydrogens (tertiary/aromatic N) is 2. The van der Waals surface area contributed by atoms with Crippen molar-refractivity contribution < 1.29 is 24.5 Å². The third-order valence-electron chi connectivity index (χ3n) is 4.99. The Labute approximate surface area is 153 Å². The summed E-state index contributed by atoms with van der Waals surface area (Å²) >= 11 is 0. The van der Waals surface area contributed by atoms with Gasteiger partial charge in [-0.1, -0.05) is 0 Å². The maximum absolute atomic E-state index is 12.2. The zero-order valence-corrected chi connectivity index (χ0v) is 15.4. The molecule has 2 aliphatic heterocycles. The number of carbonyl (C=O) groups excluding carboxylic acids is 1. The monoisotopic (exact) mass is 362 g/mol. The Kier molecular flexibility index (Phi) is 4.84. The molecule has 2 heterocycles. The van der Waals surface area contributed by atoms with Crippen molar-refractivity contribution in [1.82, 2.24) is 4.90 Å². The summed E-state index contributed by atoms with van der Waals surface area (Å²) in [4.78, 5) is 27.4. The number of hydrogen-bond donors (Lipinski definition) is 2. The molecule has 1 aromatic rings. The summed E-state index contributed by atoms with van der Waals surface area (Å²) in [5.74, 6) is -0.287. The first kappa shape index (κ1) is 18.5. The van der Waals surface area contributed by atoms with Crippen molar-refractivity contribution in [1.29, 1.82) is 0 Å². The smallest absolute Gasteiger partial charge is 0.410 e. The van der Waals surface area contributed by atoms with Crippen LogP contribution in [0.3, 0.4) is 0 Å². The Morgan fingerprint density at radius 3 is 2.27 bits per heavy atom. The summed E-state index contributed by atoms with van der Waals surface area (Å²) in [6, 6.07) is 5.08. The van der Waals surface area contributed by atoms with Crippen molar-refractivity contribution in [3.05, 3.63) is 29.3 Å². The number of aliphatic hydroxyl groups excluding tert-OH is 1. The fourth-order valence-electron chi connectivity index (χ4n) is 3.80. The van der Waals surface area contributed by atoms with Gasteiger partial charge in [0.1, 0.15) is 5.60 Å². The number of hydrogen-bond acceptors (Lipinski definition) is 5. The van der Waals surface area contributed by atoms with Gasteiger partial charge in [-0.2, -0.15) is 0 Å². The number of aromatic carboxylic acids is 1. The fraction of sp³-hybridized carbons (Fsp3) is 0.579. The van der Waals surface area contributed by atoms with Crippen LogP contribution < -0.4 is 4.90 Å². The normalized spacial score (nSPS) is 22.5. The third-order valence-corrected chi connectivity index (χ3v) is 4.99. The largest absolute Gasteiger partial charge is 0.478 e. The van der Waals surface area contributed by atoms with Gasteiger partial charge in [-0.05, 0) is 44.5 Å². The minimum Gasteiger partial charge on any atom is -0.478 e. The van der Waals surface area contributed by atoms with Crippen LogP contribution in [-0.2, 0) is 11.3 Å². The first-order chi connectivity index (χ1) is 12.2. The van der Waals surface area contributed by atoms with Crippen molar-refractivity contribution in [3.8, 4) is 0 Å². The van der Waals surface area contributed by atoms with Crippen LogP contribution in [0.15, 0.2) is 18.2 Å². The van der Waals surface area contributed by atoms with E-state index in [9.17, 15) is 19.8 Å². The molecule has 2 N–H and O–H groups in total. The summed E-state index contributed by atoms with van der Waals surface area (Å²) in [7, 11) is 0. The lowest BCUT2D eigenvalue weighted by molar-refractivity contribution is 0.0282. The molecule has 0 spiro atoms. The van der Waals surface area contributed by atoms with Crippen LogP contribution >= 0.6 is 0 Å². The molecule has 0 radical (unpaired) electrons. The average molecular weight is 362 g/mol. The van der Waals surface area contributed by atoms with Crippen LogP contribution in [0.1, 0.15) is 36.7 Å². The van der Waals surface area contributed by atoms with Crippen molar-refractivity contribution in [2.24, 2.45) is 11.8 Å². The second-order valence-electron chi connectivity index (χ2n) is 8.12. The molecule has 142 valence electrons. The molecule has 3 rings (SSSR count). The molecule has 26 heavy (non-hydrogen) atoms. The third kappa shape index (κ3) is 3.77. The van der Waals surface area contributed by atoms with Crippen LogP contribution in [-0.4, -0.2) is 59.0 Å². The maximum atomic E-state index is 12.2. The molecule has 1 amide bonds. The zero-order chi connectivity index (χ0) is 19.1. The Morgan fingerprint density at radius 2 is 1.77 bits per heavy atom. The number of carboxylic acid groups (broad SMARTS) is 1. The first-order valence-corrected chi connectivity index (χ1v) is 8.88. The van der Waals surface area contributed by atoms with Crippen molar-refractivity contribution in [2.75, 3.05) is 31.1 Å². The van der Waals surface area contributed by atoms with E-state index in [2.05, 4.69) is 4.90 Å². The number of rotatable bonds is 3. The number of fused-ring (bicyclic) bond motifs is 1. The highest BCUT2D eigenvalue weighted by atomic mass is 16.6. The molecule has 7 nitrogen and oxygen atoms in total. The number of carbonyl (C=O) groups is 2. The van der Waals surface area contributed by atoms with E-state index in [4.69, 9.17) is 4.74 Å². The van der Waals surface area contributed by atoms with Gasteiger partial charge >= 0.3 is 12.1 Å². The van der Waals surface area contributed by atoms with Crippen LogP contribution in [0.5, 0.6) is 0 Å². The van der Waals surface area contributed by atoms with Crippen molar-refractivity contribution >= 4 is 17.7 Å². The van der Waals surface area contributed by atoms with Gasteiger partial charge in [0, 0.05) is 43.7 Å². The van der Waals surface area contributed by atoms with Crippen LogP contribution in [0.4, 0.5) is 10.5 Å². The summed E-state index contributed by atoms with van der Waals surface area (Å²) in [5.41, 5.74) is 0.972. The van der Waals surface area contributed by atoms with E-state index in [1.807, 2.05) is 20.8 Å². The van der Waals surface area contributed by atoms with Crippen LogP contribution in [0.2, 0.25) is 0 Å². The van der Waals surface area contributed by atoms with Gasteiger partial charge in [0.05, 0.1) is 12.2 Å². The van der Waals surface area contributed by atoms with Crippen LogP contribution in [0.25, 0.3) is 0 Å². The molecular weight excluding hydrogens is 336 g/mol. The number of amides is 1. The van der Waals surface area contributed by atoms with E-state index in [1.54, 1.807) is 23.1 Å². The minimum absolute atomic E-state index is 0.131. The lowest BCUT2D eigenvalue weighted by Crippen LogP contribution is -2.37. The first-order valence-electron chi connectivity index (χ1n) is 8.88. The number of benzene rings is 1. The van der Waals surface area contributed by atoms with E-state index in [1.165, 1.54) is 0 Å². The number of carboxylic acids is 1. The Bertz CT molecular complexity index is 698. The van der Waals surface area contributed by atoms with E-state index in [0.29, 0.717) is 30.5 Å². The molecule has 2 fully saturated rings. The predicted molar refractivity (Wildman–Crippen MR) is 96.3 cm³/mol. The summed E-state index contributed by atoms with van der Waals surface area (Å²) in [6.07, 6.45) is -0.258. The number of anilines is 1. The standard InChI is InChI=1S/C19H26N2O5/c1-19(2,3)26-18(25)21-9-13-7-20(8-14(13)10-21)15-4-5-16(17(23)24)12(6-15)11-22/h4-6,13-14,22H,7-11H2,1-3H3,(H,23,24). The van der Waals surface area contributed by atoms with Crippen molar-refractivity contribution in [2.45, 2.75) is 33.0 Å². The molecule has 2 saturated heterocycles. The zero-order valence-electron chi connectivity index (χ0n) is 15.4. The quantitative estimate of drug-likeness (QED) is 0.857. The summed E-state index contributed by atoms with van der Waals surface area (Å²) in [6.45, 7) is 8.26. The predicted octanol–water partition coefficient (Wildman–Crippen LogP) is 2.18. The van der Waals surface area contributed by atoms with Gasteiger partial charge in [0.25, 0.3) is 0 Å². The molecule has 1 aromatic carbocycles. The van der Waals surface area contributed by atoms with Gasteiger partial charge in [-0.15, -0.1) is 0 Å². The summed E-state index contributed by atoms with van der Waals surface area (Å²) in [5, 5.41) is 18.6. The van der Waals surface area contributed by atoms with E-state index < -0.39 is 11.6 Å². The Morgan fingerprint density at radius 1 is 1.15 bits per heavy atom. The Balaban J connectivity index is 1.65. The van der Waals surface area contributed by atoms with E-state index in [0.717, 1.165) is 18.8 Å². The number of aliphatic hydroxyl groups is 1. The van der Waals surface area contributed by atoms with E-state index >= 15 is 0 Å². The topological polar surface area (TPSA) is 90.3 Å². The SMILES string of the molecule is CC(C)(C)OC(=O)N1CC2CN(c3ccc(C(=O)O)c(CO)c3)CC2C1. The fourth-order valence-corrected chi connectivity index (χ4v) is 3.80. The van der Waals surface area contributed by atoms with Gasteiger partial charge in [-0.3, -0.25) is 0 Å². The molecule has 0 aliphatic carbocycles. The molecule has 0 saturated carbocycles. The lowest BCUT2D eigenvalue weighted by atomic mass is 10.0. The number of ether oxygens (including phenoxy) is 1. The van der Waals surface area contributed by atoms with Crippen LogP contribution in [0, 0.1) is 11.8 Å². The van der Waals surface area contributed by atoms with Gasteiger partial charge in [-0.25, -0.2) is 9.59 Å². The molecule has 2 atom stereocenters. The highest BCUT2D eigenvalue weighted by molar-refractivity contribution is 5.90. The molecule has 0 aromatic heterocycles. The molecule has 2 aliphatic rings. The van der Waals surface area contributed by atoms with E-state index in [-0.39, 0.29) is 18.3 Å².